The number of amides is 1. The van der Waals surface area contributed by atoms with Crippen LogP contribution in [-0.4, -0.2) is 46.8 Å². The molecule has 1 amide bonds. The normalized spacial score (nSPS) is 11.5. The Hall–Kier alpha value is -3.04. The Morgan fingerprint density at radius 3 is 2.65 bits per heavy atom. The zero-order chi connectivity index (χ0) is 18.6. The molecule has 1 N–H and O–H groups in total. The van der Waals surface area contributed by atoms with Crippen molar-refractivity contribution in [3.8, 4) is 5.69 Å². The number of anilines is 1. The Labute approximate surface area is 151 Å². The van der Waals surface area contributed by atoms with E-state index in [2.05, 4.69) is 15.3 Å². The number of nitrogens with one attached hydrogen (secondary N) is 1. The number of carbonyl (C=O) groups is 1. The van der Waals surface area contributed by atoms with Crippen molar-refractivity contribution >= 4 is 21.6 Å². The molecule has 2 heterocycles. The van der Waals surface area contributed by atoms with Gasteiger partial charge in [-0.25, -0.2) is 13.4 Å². The Kier molecular flexibility index (Phi) is 5.10. The van der Waals surface area contributed by atoms with Crippen LogP contribution in [0.15, 0.2) is 72.4 Å². The maximum atomic E-state index is 12.5. The van der Waals surface area contributed by atoms with Crippen molar-refractivity contribution in [1.29, 1.82) is 0 Å². The molecule has 0 aliphatic heterocycles. The van der Waals surface area contributed by atoms with Gasteiger partial charge in [-0.05, 0) is 24.3 Å². The van der Waals surface area contributed by atoms with E-state index in [1.54, 1.807) is 35.4 Å². The van der Waals surface area contributed by atoms with Gasteiger partial charge in [0.15, 0.2) is 0 Å². The van der Waals surface area contributed by atoms with Crippen LogP contribution in [0.5, 0.6) is 0 Å². The van der Waals surface area contributed by atoms with E-state index in [-0.39, 0.29) is 11.4 Å². The summed E-state index contributed by atoms with van der Waals surface area (Å²) in [6.45, 7) is -0.324. The first-order valence-corrected chi connectivity index (χ1v) is 9.16. The van der Waals surface area contributed by atoms with E-state index in [1.807, 2.05) is 12.1 Å². The molecule has 1 aromatic carbocycles. The molecule has 134 valence electrons. The van der Waals surface area contributed by atoms with Crippen molar-refractivity contribution < 1.29 is 13.2 Å². The number of carbonyl (C=O) groups excluding carboxylic acids is 1. The van der Waals surface area contributed by atoms with Crippen molar-refractivity contribution in [3.63, 3.8) is 0 Å². The number of benzene rings is 1. The van der Waals surface area contributed by atoms with Crippen LogP contribution in [0.1, 0.15) is 0 Å². The van der Waals surface area contributed by atoms with Gasteiger partial charge in [-0.1, -0.05) is 12.1 Å². The molecule has 2 aromatic heterocycles. The fraction of sp³-hybridized carbons (Fsp3) is 0.118. The highest BCUT2D eigenvalue weighted by molar-refractivity contribution is 7.89. The predicted molar refractivity (Wildman–Crippen MR) is 96.2 cm³/mol. The molecule has 0 radical (unpaired) electrons. The monoisotopic (exact) mass is 371 g/mol. The quantitative estimate of drug-likeness (QED) is 0.709. The minimum absolute atomic E-state index is 0.0362. The third kappa shape index (κ3) is 3.79. The zero-order valence-electron chi connectivity index (χ0n) is 14.0. The van der Waals surface area contributed by atoms with Crippen LogP contribution in [0.2, 0.25) is 0 Å². The third-order valence-corrected chi connectivity index (χ3v) is 5.46. The molecule has 0 bridgehead atoms. The first kappa shape index (κ1) is 17.8. The van der Waals surface area contributed by atoms with Gasteiger partial charge in [0.1, 0.15) is 4.90 Å². The number of sulfonamides is 1. The lowest BCUT2D eigenvalue weighted by Gasteiger charge is -2.17. The number of hydrogen-bond acceptors (Lipinski definition) is 5. The van der Waals surface area contributed by atoms with Crippen LogP contribution in [0.3, 0.4) is 0 Å². The summed E-state index contributed by atoms with van der Waals surface area (Å²) in [5, 5.41) is 2.74. The number of imidazole rings is 1. The van der Waals surface area contributed by atoms with Crippen LogP contribution in [0.25, 0.3) is 5.69 Å². The molecule has 26 heavy (non-hydrogen) atoms. The molecule has 0 aliphatic carbocycles. The molecule has 3 rings (SSSR count). The molecular formula is C17H17N5O3S. The van der Waals surface area contributed by atoms with E-state index in [4.69, 9.17) is 0 Å². The van der Waals surface area contributed by atoms with Gasteiger partial charge in [-0.3, -0.25) is 9.78 Å². The Morgan fingerprint density at radius 1 is 1.15 bits per heavy atom. The molecule has 0 saturated carbocycles. The summed E-state index contributed by atoms with van der Waals surface area (Å²) in [5.74, 6) is -0.451. The second-order valence-electron chi connectivity index (χ2n) is 5.49. The van der Waals surface area contributed by atoms with Gasteiger partial charge in [0.05, 0.1) is 24.2 Å². The summed E-state index contributed by atoms with van der Waals surface area (Å²) in [5.41, 5.74) is 1.29. The number of aromatic nitrogens is 3. The van der Waals surface area contributed by atoms with E-state index >= 15 is 0 Å². The molecule has 0 fully saturated rings. The SMILES string of the molecule is CN(CC(=O)Nc1ccccc1-n1ccnc1)S(=O)(=O)c1cccnc1. The van der Waals surface area contributed by atoms with Crippen LogP contribution in [0, 0.1) is 0 Å². The van der Waals surface area contributed by atoms with Gasteiger partial charge in [0.25, 0.3) is 0 Å². The van der Waals surface area contributed by atoms with Gasteiger partial charge < -0.3 is 9.88 Å². The molecule has 0 aliphatic rings. The number of pyridine rings is 1. The lowest BCUT2D eigenvalue weighted by molar-refractivity contribution is -0.116. The van der Waals surface area contributed by atoms with Crippen molar-refractivity contribution in [1.82, 2.24) is 18.8 Å². The first-order valence-electron chi connectivity index (χ1n) is 7.72. The standard InChI is InChI=1S/C17H17N5O3S/c1-21(26(24,25)14-5-4-8-18-11-14)12-17(23)20-15-6-2-3-7-16(15)22-10-9-19-13-22/h2-11,13H,12H2,1H3,(H,20,23). The largest absolute Gasteiger partial charge is 0.323 e. The molecule has 0 saturated heterocycles. The van der Waals surface area contributed by atoms with Crippen LogP contribution in [0.4, 0.5) is 5.69 Å². The van der Waals surface area contributed by atoms with Crippen molar-refractivity contribution in [2.45, 2.75) is 4.90 Å². The Balaban J connectivity index is 1.74. The molecular weight excluding hydrogens is 354 g/mol. The molecule has 0 unspecified atom stereocenters. The zero-order valence-corrected chi connectivity index (χ0v) is 14.8. The van der Waals surface area contributed by atoms with E-state index in [0.29, 0.717) is 5.69 Å². The summed E-state index contributed by atoms with van der Waals surface area (Å²) in [4.78, 5) is 20.2. The fourth-order valence-electron chi connectivity index (χ4n) is 2.36. The summed E-state index contributed by atoms with van der Waals surface area (Å²) in [6, 6.07) is 10.2. The second-order valence-corrected chi connectivity index (χ2v) is 7.53. The van der Waals surface area contributed by atoms with Crippen molar-refractivity contribution in [2.24, 2.45) is 0 Å². The summed E-state index contributed by atoms with van der Waals surface area (Å²) in [7, 11) is -2.43. The average Bonchev–Trinajstić information content (AvgIpc) is 3.17. The summed E-state index contributed by atoms with van der Waals surface area (Å²) < 4.78 is 27.7. The number of nitrogens with zero attached hydrogens (tertiary/aromatic N) is 4. The molecule has 0 atom stereocenters. The lowest BCUT2D eigenvalue weighted by atomic mass is 10.2. The molecule has 9 heteroatoms. The summed E-state index contributed by atoms with van der Waals surface area (Å²) >= 11 is 0. The topological polar surface area (TPSA) is 97.2 Å². The highest BCUT2D eigenvalue weighted by atomic mass is 32.2. The predicted octanol–water partition coefficient (Wildman–Crippen LogP) is 1.53. The number of para-hydroxylation sites is 2. The van der Waals surface area contributed by atoms with Crippen molar-refractivity contribution in [2.75, 3.05) is 18.9 Å². The van der Waals surface area contributed by atoms with E-state index in [0.717, 1.165) is 9.99 Å². The third-order valence-electron chi connectivity index (χ3n) is 3.67. The average molecular weight is 371 g/mol. The van der Waals surface area contributed by atoms with Gasteiger partial charge in [0, 0.05) is 31.8 Å². The second kappa shape index (κ2) is 7.46. The number of rotatable bonds is 6. The van der Waals surface area contributed by atoms with Crippen molar-refractivity contribution in [3.05, 3.63) is 67.5 Å². The number of hydrogen-bond donors (Lipinski definition) is 1. The van der Waals surface area contributed by atoms with Gasteiger partial charge in [0.2, 0.25) is 15.9 Å². The minimum Gasteiger partial charge on any atom is -0.323 e. The molecule has 3 aromatic rings. The Morgan fingerprint density at radius 2 is 1.96 bits per heavy atom. The smallest absolute Gasteiger partial charge is 0.244 e. The molecule has 0 spiro atoms. The summed E-state index contributed by atoms with van der Waals surface area (Å²) in [6.07, 6.45) is 7.73. The van der Waals surface area contributed by atoms with E-state index < -0.39 is 15.9 Å². The molecule has 8 nitrogen and oxygen atoms in total. The van der Waals surface area contributed by atoms with Crippen LogP contribution < -0.4 is 5.32 Å². The lowest BCUT2D eigenvalue weighted by Crippen LogP contribution is -2.35. The van der Waals surface area contributed by atoms with Gasteiger partial charge >= 0.3 is 0 Å². The van der Waals surface area contributed by atoms with Crippen LogP contribution >= 0.6 is 0 Å². The first-order chi connectivity index (χ1) is 12.5. The minimum atomic E-state index is -3.78. The maximum Gasteiger partial charge on any atom is 0.244 e. The van der Waals surface area contributed by atoms with Gasteiger partial charge in [-0.2, -0.15) is 4.31 Å². The van der Waals surface area contributed by atoms with E-state index in [9.17, 15) is 13.2 Å². The fourth-order valence-corrected chi connectivity index (χ4v) is 3.45. The highest BCUT2D eigenvalue weighted by Crippen LogP contribution is 2.20. The van der Waals surface area contributed by atoms with E-state index in [1.165, 1.54) is 31.6 Å². The van der Waals surface area contributed by atoms with Gasteiger partial charge in [-0.15, -0.1) is 0 Å². The maximum absolute atomic E-state index is 12.5. The van der Waals surface area contributed by atoms with Crippen LogP contribution in [-0.2, 0) is 14.8 Å². The highest BCUT2D eigenvalue weighted by Gasteiger charge is 2.23. The Bertz CT molecular complexity index is 988. The number of likely N-dealkylation sites (N-methyl/N-ethyl adjacent to an activating group) is 1.